The Morgan fingerprint density at radius 1 is 1.08 bits per heavy atom. The summed E-state index contributed by atoms with van der Waals surface area (Å²) in [6.07, 6.45) is 0.187. The van der Waals surface area contributed by atoms with Crippen LogP contribution in [0.4, 0.5) is 23.2 Å². The van der Waals surface area contributed by atoms with E-state index in [9.17, 15) is 18.0 Å². The Labute approximate surface area is 223 Å². The number of alkyl halides is 4. The van der Waals surface area contributed by atoms with Gasteiger partial charge in [-0.15, -0.1) is 10.2 Å². The molecule has 0 N–H and O–H groups in total. The lowest BCUT2D eigenvalue weighted by Crippen LogP contribution is -2.24. The highest BCUT2D eigenvalue weighted by molar-refractivity contribution is 6.10. The van der Waals surface area contributed by atoms with Crippen molar-refractivity contribution in [1.82, 2.24) is 19.7 Å². The summed E-state index contributed by atoms with van der Waals surface area (Å²) in [6.45, 7) is 2.01. The van der Waals surface area contributed by atoms with Crippen LogP contribution in [0.1, 0.15) is 76.7 Å². The normalized spacial score (nSPS) is 22.0. The summed E-state index contributed by atoms with van der Waals surface area (Å²) in [5, 5.41) is 7.73. The Bertz CT molecular complexity index is 1470. The number of aryl methyl sites for hydroxylation is 1. The van der Waals surface area contributed by atoms with Gasteiger partial charge < -0.3 is 9.47 Å². The predicted octanol–water partition coefficient (Wildman–Crippen LogP) is 5.72. The summed E-state index contributed by atoms with van der Waals surface area (Å²) in [7, 11) is 1.69. The first kappa shape index (κ1) is 24.7. The molecule has 1 saturated heterocycles. The first-order chi connectivity index (χ1) is 18.6. The highest BCUT2D eigenvalue weighted by Gasteiger charge is 2.54. The van der Waals surface area contributed by atoms with E-state index in [1.807, 2.05) is 6.07 Å². The van der Waals surface area contributed by atoms with Crippen LogP contribution in [0, 0.1) is 5.41 Å². The number of likely N-dealkylation sites (tertiary alicyclic amines) is 1. The van der Waals surface area contributed by atoms with E-state index in [1.165, 1.54) is 30.1 Å². The number of rotatable bonds is 6. The van der Waals surface area contributed by atoms with Crippen LogP contribution in [0.15, 0.2) is 42.7 Å². The number of carbonyl (C=O) groups is 1. The lowest BCUT2D eigenvalue weighted by atomic mass is 9.90. The summed E-state index contributed by atoms with van der Waals surface area (Å²) < 4.78 is 59.9. The summed E-state index contributed by atoms with van der Waals surface area (Å²) in [5.41, 5.74) is 0.640. The quantitative estimate of drug-likeness (QED) is 0.376. The van der Waals surface area contributed by atoms with Crippen LogP contribution >= 0.6 is 0 Å². The van der Waals surface area contributed by atoms with Gasteiger partial charge in [0.15, 0.2) is 12.0 Å². The predicted molar refractivity (Wildman–Crippen MR) is 136 cm³/mol. The molecule has 7 rings (SSSR count). The van der Waals surface area contributed by atoms with Crippen molar-refractivity contribution >= 4 is 11.6 Å². The van der Waals surface area contributed by atoms with Crippen molar-refractivity contribution in [3.63, 3.8) is 0 Å². The van der Waals surface area contributed by atoms with Crippen molar-refractivity contribution in [2.45, 2.75) is 63.0 Å². The number of halogens is 4. The minimum atomic E-state index is -4.57. The summed E-state index contributed by atoms with van der Waals surface area (Å²) in [5.74, 6) is -0.222. The molecule has 2 aromatic carbocycles. The van der Waals surface area contributed by atoms with Gasteiger partial charge in [0.2, 0.25) is 0 Å². The van der Waals surface area contributed by atoms with Gasteiger partial charge in [-0.25, -0.2) is 4.39 Å². The lowest BCUT2D eigenvalue weighted by Gasteiger charge is -2.23. The molecule has 2 saturated carbocycles. The molecule has 4 aliphatic rings. The fourth-order valence-corrected chi connectivity index (χ4v) is 6.60. The van der Waals surface area contributed by atoms with Gasteiger partial charge in [-0.1, -0.05) is 12.1 Å². The van der Waals surface area contributed by atoms with Gasteiger partial charge in [0.1, 0.15) is 6.33 Å². The van der Waals surface area contributed by atoms with E-state index >= 15 is 4.39 Å². The molecule has 3 aromatic rings. The van der Waals surface area contributed by atoms with Crippen LogP contribution in [-0.2, 0) is 31.7 Å². The molecule has 2 aliphatic carbocycles. The summed E-state index contributed by atoms with van der Waals surface area (Å²) in [6, 6.07) is 9.86. The molecular weight excluding hydrogens is 510 g/mol. The van der Waals surface area contributed by atoms with E-state index in [0.29, 0.717) is 41.6 Å². The highest BCUT2D eigenvalue weighted by atomic mass is 19.4. The van der Waals surface area contributed by atoms with Crippen molar-refractivity contribution in [2.75, 3.05) is 18.0 Å². The van der Waals surface area contributed by atoms with E-state index in [4.69, 9.17) is 0 Å². The molecule has 1 aromatic heterocycles. The summed E-state index contributed by atoms with van der Waals surface area (Å²) >= 11 is 0. The second kappa shape index (κ2) is 8.36. The number of amides is 1. The highest BCUT2D eigenvalue weighted by Crippen LogP contribution is 2.58. The number of fused-ring (bicyclic) bond motifs is 1. The zero-order chi connectivity index (χ0) is 27.2. The van der Waals surface area contributed by atoms with Gasteiger partial charge in [-0.3, -0.25) is 9.69 Å². The molecule has 39 heavy (non-hydrogen) atoms. The van der Waals surface area contributed by atoms with Crippen LogP contribution < -0.4 is 4.90 Å². The van der Waals surface area contributed by atoms with Gasteiger partial charge in [-0.2, -0.15) is 13.2 Å². The van der Waals surface area contributed by atoms with Gasteiger partial charge >= 0.3 is 6.18 Å². The van der Waals surface area contributed by atoms with Gasteiger partial charge in [-0.05, 0) is 85.0 Å². The monoisotopic (exact) mass is 539 g/mol. The number of hydrogen-bond acceptors (Lipinski definition) is 4. The molecular formula is C29H29F4N5O. The minimum Gasteiger partial charge on any atom is -0.318 e. The maximum atomic E-state index is 15.7. The maximum absolute atomic E-state index is 15.7. The van der Waals surface area contributed by atoms with Crippen LogP contribution in [0.25, 0.3) is 0 Å². The lowest BCUT2D eigenvalue weighted by molar-refractivity contribution is -0.138. The second-order valence-electron chi connectivity index (χ2n) is 11.9. The number of carbonyl (C=O) groups excluding carboxylic acids is 1. The average Bonchev–Trinajstić information content (AvgIpc) is 3.75. The molecule has 1 amide bonds. The van der Waals surface area contributed by atoms with E-state index in [-0.39, 0.29) is 23.5 Å². The Morgan fingerprint density at radius 2 is 1.87 bits per heavy atom. The summed E-state index contributed by atoms with van der Waals surface area (Å²) in [4.78, 5) is 17.2. The smallest absolute Gasteiger partial charge is 0.318 e. The molecule has 10 heteroatoms. The number of hydrogen-bond donors (Lipinski definition) is 0. The molecule has 0 unspecified atom stereocenters. The average molecular weight is 540 g/mol. The second-order valence-corrected chi connectivity index (χ2v) is 11.9. The number of benzene rings is 2. The van der Waals surface area contributed by atoms with Crippen molar-refractivity contribution < 1.29 is 22.4 Å². The molecule has 1 atom stereocenters. The third-order valence-electron chi connectivity index (χ3n) is 9.27. The van der Waals surface area contributed by atoms with Crippen molar-refractivity contribution in [3.8, 4) is 0 Å². The van der Waals surface area contributed by atoms with Crippen molar-refractivity contribution in [3.05, 3.63) is 76.4 Å². The topological polar surface area (TPSA) is 54.3 Å². The minimum absolute atomic E-state index is 0.00493. The number of nitrogens with zero attached hydrogens (tertiary/aromatic N) is 5. The Morgan fingerprint density at radius 3 is 2.51 bits per heavy atom. The molecule has 204 valence electrons. The SMILES string of the molecule is Cn1cnnc1[C@H](F)C1(c2cccc(N3Cc4c(cc(CN5CCC6(CC6)C5)cc4C(F)(F)F)C3=O)c2)CC1. The first-order valence-electron chi connectivity index (χ1n) is 13.4. The Hall–Kier alpha value is -3.27. The van der Waals surface area contributed by atoms with Crippen LogP contribution in [0.2, 0.25) is 0 Å². The molecule has 3 fully saturated rings. The number of anilines is 1. The standard InChI is InChI=1S/C29H29F4N5O/c1-36-17-34-35-25(36)24(30)28(7-8-28)19-3-2-4-20(13-19)38-15-22-21(26(38)39)11-18(12-23(22)29(31,32)33)14-37-10-9-27(16-37)5-6-27/h2-4,11-13,17,24H,5-10,14-16H2,1H3/t24-/m0/s1. The maximum Gasteiger partial charge on any atom is 0.416 e. The van der Waals surface area contributed by atoms with Crippen molar-refractivity contribution in [1.29, 1.82) is 0 Å². The van der Waals surface area contributed by atoms with Crippen molar-refractivity contribution in [2.24, 2.45) is 12.5 Å². The van der Waals surface area contributed by atoms with Crippen LogP contribution in [0.5, 0.6) is 0 Å². The Balaban J connectivity index is 1.19. The first-order valence-corrected chi connectivity index (χ1v) is 13.4. The molecule has 1 spiro atoms. The third kappa shape index (κ3) is 4.06. The molecule has 0 bridgehead atoms. The molecule has 2 aliphatic heterocycles. The van der Waals surface area contributed by atoms with E-state index in [1.54, 1.807) is 35.9 Å². The van der Waals surface area contributed by atoms with Gasteiger partial charge in [0.05, 0.1) is 12.1 Å². The van der Waals surface area contributed by atoms with E-state index in [0.717, 1.165) is 19.5 Å². The van der Waals surface area contributed by atoms with E-state index < -0.39 is 29.2 Å². The van der Waals surface area contributed by atoms with Gasteiger partial charge in [0, 0.05) is 36.8 Å². The molecule has 0 radical (unpaired) electrons. The number of aromatic nitrogens is 3. The fraction of sp³-hybridized carbons (Fsp3) is 0.483. The van der Waals surface area contributed by atoms with Crippen LogP contribution in [0.3, 0.4) is 0 Å². The third-order valence-corrected chi connectivity index (χ3v) is 9.27. The molecule has 6 nitrogen and oxygen atoms in total. The van der Waals surface area contributed by atoms with E-state index in [2.05, 4.69) is 15.1 Å². The van der Waals surface area contributed by atoms with Crippen LogP contribution in [-0.4, -0.2) is 38.7 Å². The zero-order valence-corrected chi connectivity index (χ0v) is 21.6. The molecule has 3 heterocycles. The largest absolute Gasteiger partial charge is 0.416 e. The Kier molecular flexibility index (Phi) is 5.31. The zero-order valence-electron chi connectivity index (χ0n) is 21.6. The fourth-order valence-electron chi connectivity index (χ4n) is 6.60. The van der Waals surface area contributed by atoms with Gasteiger partial charge in [0.25, 0.3) is 5.91 Å².